The number of ether oxygens (including phenoxy) is 1. The predicted molar refractivity (Wildman–Crippen MR) is 82.3 cm³/mol. The Balaban J connectivity index is 2.36. The van der Waals surface area contributed by atoms with Crippen molar-refractivity contribution in [3.05, 3.63) is 52.5 Å². The number of methoxy groups -OCH3 is 1. The summed E-state index contributed by atoms with van der Waals surface area (Å²) in [5.41, 5.74) is 6.32. The molecule has 0 aliphatic rings. The molecule has 0 aromatic heterocycles. The lowest BCUT2D eigenvalue weighted by Crippen LogP contribution is -2.12. The van der Waals surface area contributed by atoms with Crippen LogP contribution in [-0.2, 0) is 0 Å². The van der Waals surface area contributed by atoms with Crippen molar-refractivity contribution in [2.75, 3.05) is 7.11 Å². The summed E-state index contributed by atoms with van der Waals surface area (Å²) in [6, 6.07) is 13.5. The lowest BCUT2D eigenvalue weighted by atomic mass is 10.2. The van der Waals surface area contributed by atoms with Crippen molar-refractivity contribution >= 4 is 33.5 Å². The number of rotatable bonds is 4. The first-order chi connectivity index (χ1) is 9.10. The third kappa shape index (κ3) is 3.52. The van der Waals surface area contributed by atoms with Crippen LogP contribution in [0.2, 0.25) is 0 Å². The van der Waals surface area contributed by atoms with Gasteiger partial charge < -0.3 is 10.5 Å². The highest BCUT2D eigenvalue weighted by Gasteiger charge is 2.09. The second-order valence-corrected chi connectivity index (χ2v) is 5.86. The Kier molecular flexibility index (Phi) is 4.50. The van der Waals surface area contributed by atoms with Crippen LogP contribution in [0.1, 0.15) is 5.56 Å². The molecule has 0 heterocycles. The lowest BCUT2D eigenvalue weighted by molar-refractivity contribution is 0.413. The van der Waals surface area contributed by atoms with Crippen LogP contribution in [-0.4, -0.2) is 12.9 Å². The summed E-state index contributed by atoms with van der Waals surface area (Å²) >= 11 is 4.97. The Morgan fingerprint density at radius 2 is 1.89 bits per heavy atom. The summed E-state index contributed by atoms with van der Waals surface area (Å²) in [5, 5.41) is 7.62. The quantitative estimate of drug-likeness (QED) is 0.657. The van der Waals surface area contributed by atoms with Gasteiger partial charge in [0.15, 0.2) is 0 Å². The van der Waals surface area contributed by atoms with E-state index in [1.165, 1.54) is 0 Å². The van der Waals surface area contributed by atoms with E-state index in [1.807, 2.05) is 42.5 Å². The highest BCUT2D eigenvalue weighted by atomic mass is 79.9. The minimum Gasteiger partial charge on any atom is -0.497 e. The fourth-order valence-electron chi connectivity index (χ4n) is 1.57. The second-order valence-electron chi connectivity index (χ2n) is 3.83. The first-order valence-corrected chi connectivity index (χ1v) is 7.17. The van der Waals surface area contributed by atoms with Crippen LogP contribution < -0.4 is 10.5 Å². The number of amidine groups is 1. The van der Waals surface area contributed by atoms with Gasteiger partial charge in [-0.15, -0.1) is 0 Å². The van der Waals surface area contributed by atoms with Crippen LogP contribution in [0.15, 0.2) is 56.7 Å². The zero-order chi connectivity index (χ0) is 13.8. The maximum Gasteiger partial charge on any atom is 0.123 e. The Morgan fingerprint density at radius 3 is 2.47 bits per heavy atom. The minimum absolute atomic E-state index is 0.0577. The molecule has 19 heavy (non-hydrogen) atoms. The fourth-order valence-corrected chi connectivity index (χ4v) is 2.82. The molecule has 0 unspecified atom stereocenters. The summed E-state index contributed by atoms with van der Waals surface area (Å²) in [6.45, 7) is 0. The first kappa shape index (κ1) is 14.0. The molecule has 0 aliphatic carbocycles. The van der Waals surface area contributed by atoms with Crippen LogP contribution in [0.5, 0.6) is 5.75 Å². The maximum atomic E-state index is 7.62. The number of benzene rings is 2. The molecule has 0 bridgehead atoms. The zero-order valence-electron chi connectivity index (χ0n) is 10.3. The molecule has 0 fully saturated rings. The van der Waals surface area contributed by atoms with Gasteiger partial charge in [-0.3, -0.25) is 5.41 Å². The van der Waals surface area contributed by atoms with E-state index in [0.717, 1.165) is 20.0 Å². The van der Waals surface area contributed by atoms with Crippen molar-refractivity contribution in [2.24, 2.45) is 5.73 Å². The summed E-state index contributed by atoms with van der Waals surface area (Å²) in [5.74, 6) is 0.812. The monoisotopic (exact) mass is 336 g/mol. The third-order valence-corrected chi connectivity index (χ3v) is 4.11. The van der Waals surface area contributed by atoms with Crippen molar-refractivity contribution in [3.8, 4) is 5.75 Å². The highest BCUT2D eigenvalue weighted by molar-refractivity contribution is 9.10. The third-order valence-electron chi connectivity index (χ3n) is 2.52. The van der Waals surface area contributed by atoms with Gasteiger partial charge >= 0.3 is 0 Å². The molecule has 0 saturated heterocycles. The summed E-state index contributed by atoms with van der Waals surface area (Å²) < 4.78 is 6.25. The van der Waals surface area contributed by atoms with Crippen molar-refractivity contribution in [3.63, 3.8) is 0 Å². The van der Waals surface area contributed by atoms with E-state index in [9.17, 15) is 0 Å². The molecule has 5 heteroatoms. The van der Waals surface area contributed by atoms with E-state index in [4.69, 9.17) is 15.9 Å². The summed E-state index contributed by atoms with van der Waals surface area (Å²) in [4.78, 5) is 1.99. The van der Waals surface area contributed by atoms with Crippen LogP contribution in [0.4, 0.5) is 0 Å². The van der Waals surface area contributed by atoms with E-state index in [0.29, 0.717) is 5.56 Å². The largest absolute Gasteiger partial charge is 0.497 e. The van der Waals surface area contributed by atoms with Gasteiger partial charge in [0.25, 0.3) is 0 Å². The zero-order valence-corrected chi connectivity index (χ0v) is 12.7. The molecule has 3 N–H and O–H groups in total. The predicted octanol–water partition coefficient (Wildman–Crippen LogP) is 3.89. The van der Waals surface area contributed by atoms with Gasteiger partial charge in [0.2, 0.25) is 0 Å². The molecule has 0 aliphatic heterocycles. The lowest BCUT2D eigenvalue weighted by Gasteiger charge is -2.10. The van der Waals surface area contributed by atoms with E-state index in [-0.39, 0.29) is 5.84 Å². The molecule has 2 aromatic rings. The molecule has 0 atom stereocenters. The molecular weight excluding hydrogens is 324 g/mol. The van der Waals surface area contributed by atoms with Crippen LogP contribution in [0.3, 0.4) is 0 Å². The average molecular weight is 337 g/mol. The standard InChI is InChI=1S/C14H13BrN2OS/c1-18-10-4-7-12(14(16)17)13(8-10)19-11-5-2-9(15)3-6-11/h2-8H,1H3,(H3,16,17). The summed E-state index contributed by atoms with van der Waals surface area (Å²) in [7, 11) is 1.62. The van der Waals surface area contributed by atoms with Crippen molar-refractivity contribution in [2.45, 2.75) is 9.79 Å². The van der Waals surface area contributed by atoms with Crippen LogP contribution >= 0.6 is 27.7 Å². The SMILES string of the molecule is COc1ccc(C(=N)N)c(Sc2ccc(Br)cc2)c1. The average Bonchev–Trinajstić information content (AvgIpc) is 2.41. The van der Waals surface area contributed by atoms with Gasteiger partial charge in [-0.05, 0) is 42.5 Å². The normalized spacial score (nSPS) is 10.2. The molecule has 98 valence electrons. The Hall–Kier alpha value is -1.46. The molecule has 2 aromatic carbocycles. The van der Waals surface area contributed by atoms with Crippen LogP contribution in [0, 0.1) is 5.41 Å². The van der Waals surface area contributed by atoms with Crippen molar-refractivity contribution in [1.29, 1.82) is 5.41 Å². The second kappa shape index (κ2) is 6.12. The molecule has 0 amide bonds. The van der Waals surface area contributed by atoms with Gasteiger partial charge in [0, 0.05) is 19.8 Å². The van der Waals surface area contributed by atoms with Gasteiger partial charge in [0.1, 0.15) is 11.6 Å². The molecule has 0 radical (unpaired) electrons. The van der Waals surface area contributed by atoms with Crippen LogP contribution in [0.25, 0.3) is 0 Å². The molecule has 0 spiro atoms. The molecule has 2 rings (SSSR count). The number of hydrogen-bond acceptors (Lipinski definition) is 3. The minimum atomic E-state index is 0.0577. The van der Waals surface area contributed by atoms with E-state index in [1.54, 1.807) is 18.9 Å². The molecule has 0 saturated carbocycles. The fraction of sp³-hybridized carbons (Fsp3) is 0.0714. The Morgan fingerprint density at radius 1 is 1.21 bits per heavy atom. The topological polar surface area (TPSA) is 59.1 Å². The molecular formula is C14H13BrN2OS. The highest BCUT2D eigenvalue weighted by Crippen LogP contribution is 2.33. The van der Waals surface area contributed by atoms with Gasteiger partial charge in [-0.2, -0.15) is 0 Å². The number of nitrogen functional groups attached to an aromatic ring is 1. The number of halogens is 1. The number of nitrogens with two attached hydrogens (primary N) is 1. The van der Waals surface area contributed by atoms with E-state index in [2.05, 4.69) is 15.9 Å². The first-order valence-electron chi connectivity index (χ1n) is 5.56. The van der Waals surface area contributed by atoms with Crippen molar-refractivity contribution in [1.82, 2.24) is 0 Å². The maximum absolute atomic E-state index is 7.62. The number of hydrogen-bond donors (Lipinski definition) is 2. The smallest absolute Gasteiger partial charge is 0.123 e. The van der Waals surface area contributed by atoms with E-state index >= 15 is 0 Å². The molecule has 3 nitrogen and oxygen atoms in total. The van der Waals surface area contributed by atoms with E-state index < -0.39 is 0 Å². The summed E-state index contributed by atoms with van der Waals surface area (Å²) in [6.07, 6.45) is 0. The van der Waals surface area contributed by atoms with Crippen molar-refractivity contribution < 1.29 is 4.74 Å². The number of nitrogens with one attached hydrogen (secondary N) is 1. The van der Waals surface area contributed by atoms with Gasteiger partial charge in [-0.1, -0.05) is 27.7 Å². The van der Waals surface area contributed by atoms with Gasteiger partial charge in [-0.25, -0.2) is 0 Å². The van der Waals surface area contributed by atoms with Gasteiger partial charge in [0.05, 0.1) is 7.11 Å². The Bertz CT molecular complexity index is 599. The Labute approximate surface area is 124 Å².